The van der Waals surface area contributed by atoms with E-state index in [2.05, 4.69) is 17.9 Å². The quantitative estimate of drug-likeness (QED) is 0.715. The Labute approximate surface area is 95.2 Å². The highest BCUT2D eigenvalue weighted by Crippen LogP contribution is 2.23. The maximum absolute atomic E-state index is 11.7. The van der Waals surface area contributed by atoms with Gasteiger partial charge in [0.15, 0.2) is 0 Å². The van der Waals surface area contributed by atoms with Gasteiger partial charge in [0.05, 0.1) is 11.9 Å². The lowest BCUT2D eigenvalue weighted by Gasteiger charge is -2.12. The van der Waals surface area contributed by atoms with E-state index in [0.29, 0.717) is 13.0 Å². The summed E-state index contributed by atoms with van der Waals surface area (Å²) in [7, 11) is 0. The number of anilines is 1. The number of aryl methyl sites for hydroxylation is 1. The molecular formula is C12H15N3O. The molecule has 16 heavy (non-hydrogen) atoms. The Morgan fingerprint density at radius 2 is 2.50 bits per heavy atom. The summed E-state index contributed by atoms with van der Waals surface area (Å²) < 4.78 is 1.85. The molecule has 2 rings (SSSR count). The Hall–Kier alpha value is -1.76. The molecule has 1 aliphatic rings. The van der Waals surface area contributed by atoms with Crippen molar-refractivity contribution in [3.63, 3.8) is 0 Å². The Balaban J connectivity index is 2.12. The average Bonchev–Trinajstić information content (AvgIpc) is 2.85. The fourth-order valence-corrected chi connectivity index (χ4v) is 1.91. The minimum Gasteiger partial charge on any atom is -0.308 e. The number of amides is 1. The smallest absolute Gasteiger partial charge is 0.228 e. The van der Waals surface area contributed by atoms with E-state index in [-0.39, 0.29) is 11.8 Å². The van der Waals surface area contributed by atoms with Gasteiger partial charge < -0.3 is 4.90 Å². The lowest BCUT2D eigenvalue weighted by molar-refractivity contribution is -0.117. The fourth-order valence-electron chi connectivity index (χ4n) is 1.91. The maximum Gasteiger partial charge on any atom is 0.228 e. The normalized spacial score (nSPS) is 20.1. The third-order valence-electron chi connectivity index (χ3n) is 2.74. The van der Waals surface area contributed by atoms with Crippen molar-refractivity contribution in [1.82, 2.24) is 9.78 Å². The molecule has 1 fully saturated rings. The van der Waals surface area contributed by atoms with Gasteiger partial charge in [0.25, 0.3) is 0 Å². The first-order valence-electron chi connectivity index (χ1n) is 5.53. The van der Waals surface area contributed by atoms with Crippen molar-refractivity contribution in [2.24, 2.45) is 5.92 Å². The molecule has 1 amide bonds. The monoisotopic (exact) mass is 217 g/mol. The van der Waals surface area contributed by atoms with E-state index >= 15 is 0 Å². The van der Waals surface area contributed by atoms with Crippen LogP contribution in [0, 0.1) is 18.3 Å². The van der Waals surface area contributed by atoms with E-state index in [1.807, 2.05) is 10.9 Å². The predicted octanol–water partition coefficient (Wildman–Crippen LogP) is 1.28. The van der Waals surface area contributed by atoms with Gasteiger partial charge in [-0.05, 0) is 6.42 Å². The first-order valence-corrected chi connectivity index (χ1v) is 5.53. The number of hydrogen-bond donors (Lipinski definition) is 0. The third-order valence-corrected chi connectivity index (χ3v) is 2.74. The zero-order valence-corrected chi connectivity index (χ0v) is 9.39. The summed E-state index contributed by atoms with van der Waals surface area (Å²) >= 11 is 0. The third kappa shape index (κ3) is 1.94. The van der Waals surface area contributed by atoms with Crippen molar-refractivity contribution in [1.29, 1.82) is 0 Å². The number of terminal acetylenes is 1. The highest BCUT2D eigenvalue weighted by Gasteiger charge is 2.29. The summed E-state index contributed by atoms with van der Waals surface area (Å²) in [6, 6.07) is 0. The van der Waals surface area contributed by atoms with Crippen LogP contribution < -0.4 is 4.90 Å². The van der Waals surface area contributed by atoms with E-state index in [1.54, 1.807) is 11.1 Å². The summed E-state index contributed by atoms with van der Waals surface area (Å²) in [5, 5.41) is 4.21. The number of carbonyl (C=O) groups is 1. The van der Waals surface area contributed by atoms with Crippen LogP contribution in [0.1, 0.15) is 19.8 Å². The van der Waals surface area contributed by atoms with Crippen molar-refractivity contribution in [3.05, 3.63) is 12.4 Å². The minimum absolute atomic E-state index is 0.0435. The van der Waals surface area contributed by atoms with Crippen LogP contribution in [0.15, 0.2) is 12.4 Å². The number of carbonyl (C=O) groups excluding carboxylic acids is 1. The number of nitrogens with zero attached hydrogens (tertiary/aromatic N) is 3. The molecule has 0 N–H and O–H groups in total. The Kier molecular flexibility index (Phi) is 2.95. The van der Waals surface area contributed by atoms with Crippen molar-refractivity contribution >= 4 is 11.6 Å². The molecule has 0 aliphatic carbocycles. The zero-order valence-electron chi connectivity index (χ0n) is 9.39. The van der Waals surface area contributed by atoms with Crippen LogP contribution >= 0.6 is 0 Å². The fraction of sp³-hybridized carbons (Fsp3) is 0.500. The van der Waals surface area contributed by atoms with Crippen LogP contribution in [0.4, 0.5) is 5.69 Å². The SMILES string of the molecule is C#CC1CC(=O)N(c2cnn(CCC)c2)C1. The number of rotatable bonds is 3. The second-order valence-electron chi connectivity index (χ2n) is 4.03. The lowest BCUT2D eigenvalue weighted by Crippen LogP contribution is -2.23. The van der Waals surface area contributed by atoms with E-state index in [9.17, 15) is 4.79 Å². The molecule has 0 radical (unpaired) electrons. The molecule has 0 bridgehead atoms. The molecule has 2 heterocycles. The summed E-state index contributed by atoms with van der Waals surface area (Å²) in [6.45, 7) is 3.59. The molecule has 84 valence electrons. The second kappa shape index (κ2) is 4.40. The van der Waals surface area contributed by atoms with Gasteiger partial charge in [-0.15, -0.1) is 12.3 Å². The zero-order chi connectivity index (χ0) is 11.5. The molecule has 1 aromatic rings. The van der Waals surface area contributed by atoms with Gasteiger partial charge in [0, 0.05) is 31.6 Å². The predicted molar refractivity (Wildman–Crippen MR) is 61.8 cm³/mol. The van der Waals surface area contributed by atoms with E-state index in [0.717, 1.165) is 18.7 Å². The Morgan fingerprint density at radius 1 is 1.69 bits per heavy atom. The van der Waals surface area contributed by atoms with Crippen molar-refractivity contribution in [2.75, 3.05) is 11.4 Å². The van der Waals surface area contributed by atoms with E-state index < -0.39 is 0 Å². The van der Waals surface area contributed by atoms with Crippen LogP contribution in [-0.4, -0.2) is 22.2 Å². The lowest BCUT2D eigenvalue weighted by atomic mass is 10.1. The topological polar surface area (TPSA) is 38.1 Å². The molecule has 1 atom stereocenters. The Bertz CT molecular complexity index is 430. The van der Waals surface area contributed by atoms with Gasteiger partial charge in [0.1, 0.15) is 0 Å². The minimum atomic E-state index is 0.0435. The van der Waals surface area contributed by atoms with Gasteiger partial charge in [0.2, 0.25) is 5.91 Å². The van der Waals surface area contributed by atoms with Crippen LogP contribution in [0.25, 0.3) is 0 Å². The molecule has 1 aliphatic heterocycles. The van der Waals surface area contributed by atoms with E-state index in [4.69, 9.17) is 6.42 Å². The standard InChI is InChI=1S/C12H15N3O/c1-3-5-14-9-11(7-13-14)15-8-10(4-2)6-12(15)16/h2,7,9-10H,3,5-6,8H2,1H3. The molecule has 4 heteroatoms. The second-order valence-corrected chi connectivity index (χ2v) is 4.03. The van der Waals surface area contributed by atoms with Crippen LogP contribution in [0.5, 0.6) is 0 Å². The largest absolute Gasteiger partial charge is 0.308 e. The summed E-state index contributed by atoms with van der Waals surface area (Å²) in [6.07, 6.45) is 10.5. The highest BCUT2D eigenvalue weighted by atomic mass is 16.2. The maximum atomic E-state index is 11.7. The molecular weight excluding hydrogens is 202 g/mol. The van der Waals surface area contributed by atoms with Crippen LogP contribution in [0.3, 0.4) is 0 Å². The van der Waals surface area contributed by atoms with Gasteiger partial charge in [-0.1, -0.05) is 6.92 Å². The number of aromatic nitrogens is 2. The molecule has 4 nitrogen and oxygen atoms in total. The summed E-state index contributed by atoms with van der Waals surface area (Å²) in [4.78, 5) is 13.4. The molecule has 0 spiro atoms. The van der Waals surface area contributed by atoms with Crippen LogP contribution in [0.2, 0.25) is 0 Å². The Morgan fingerprint density at radius 3 is 3.12 bits per heavy atom. The van der Waals surface area contributed by atoms with Gasteiger partial charge in [-0.2, -0.15) is 5.10 Å². The average molecular weight is 217 g/mol. The van der Waals surface area contributed by atoms with Crippen molar-refractivity contribution < 1.29 is 4.79 Å². The molecule has 1 saturated heterocycles. The first-order chi connectivity index (χ1) is 7.74. The molecule has 1 aromatic heterocycles. The summed E-state index contributed by atoms with van der Waals surface area (Å²) in [5.74, 6) is 2.78. The molecule has 1 unspecified atom stereocenters. The molecule has 0 aromatic carbocycles. The van der Waals surface area contributed by atoms with Gasteiger partial charge in [-0.25, -0.2) is 0 Å². The van der Waals surface area contributed by atoms with Gasteiger partial charge in [-0.3, -0.25) is 9.48 Å². The highest BCUT2D eigenvalue weighted by molar-refractivity contribution is 5.95. The summed E-state index contributed by atoms with van der Waals surface area (Å²) in [5.41, 5.74) is 0.858. The number of hydrogen-bond acceptors (Lipinski definition) is 2. The van der Waals surface area contributed by atoms with E-state index in [1.165, 1.54) is 0 Å². The first kappa shape index (κ1) is 10.7. The van der Waals surface area contributed by atoms with Crippen molar-refractivity contribution in [3.8, 4) is 12.3 Å². The molecule has 0 saturated carbocycles. The van der Waals surface area contributed by atoms with Crippen LogP contribution in [-0.2, 0) is 11.3 Å². The van der Waals surface area contributed by atoms with Gasteiger partial charge >= 0.3 is 0 Å². The van der Waals surface area contributed by atoms with Crippen molar-refractivity contribution in [2.45, 2.75) is 26.3 Å².